The molecule has 21 heavy (non-hydrogen) atoms. The summed E-state index contributed by atoms with van der Waals surface area (Å²) in [6.07, 6.45) is 0. The van der Waals surface area contributed by atoms with Crippen molar-refractivity contribution in [3.63, 3.8) is 0 Å². The van der Waals surface area contributed by atoms with Crippen LogP contribution in [0.25, 0.3) is 20.2 Å². The van der Waals surface area contributed by atoms with Gasteiger partial charge in [-0.2, -0.15) is 0 Å². The van der Waals surface area contributed by atoms with Gasteiger partial charge in [0.25, 0.3) is 0 Å². The Morgan fingerprint density at radius 2 is 1.62 bits per heavy atom. The monoisotopic (exact) mass is 300 g/mol. The van der Waals surface area contributed by atoms with Gasteiger partial charge in [-0.15, -0.1) is 11.3 Å². The van der Waals surface area contributed by atoms with E-state index in [0.29, 0.717) is 10.1 Å². The second-order valence-corrected chi connectivity index (χ2v) is 5.45. The predicted octanol–water partition coefficient (Wildman–Crippen LogP) is 2.81. The first kappa shape index (κ1) is 13.3. The Morgan fingerprint density at radius 3 is 2.29 bits per heavy atom. The second kappa shape index (κ2) is 4.68. The standard InChI is InChI=1S/C15H8O5S/c16-12-7-3-1-2-4-10(7)21-13-9(12)6-5-8(14(17)18)11(13)15(19)20/h1-6H,(H,17,18)(H,19,20). The summed E-state index contributed by atoms with van der Waals surface area (Å²) in [5, 5.41) is 19.2. The van der Waals surface area contributed by atoms with Crippen LogP contribution in [0.3, 0.4) is 0 Å². The van der Waals surface area contributed by atoms with Crippen molar-refractivity contribution in [2.45, 2.75) is 0 Å². The largest absolute Gasteiger partial charge is 0.478 e. The number of rotatable bonds is 2. The zero-order chi connectivity index (χ0) is 15.1. The van der Waals surface area contributed by atoms with Crippen molar-refractivity contribution in [3.05, 3.63) is 57.7 Å². The van der Waals surface area contributed by atoms with Crippen LogP contribution in [0.1, 0.15) is 20.7 Å². The smallest absolute Gasteiger partial charge is 0.338 e. The van der Waals surface area contributed by atoms with Gasteiger partial charge >= 0.3 is 11.9 Å². The molecule has 1 aromatic heterocycles. The summed E-state index contributed by atoms with van der Waals surface area (Å²) in [5.41, 5.74) is -0.951. The number of benzene rings is 2. The number of aromatic carboxylic acids is 2. The van der Waals surface area contributed by atoms with Gasteiger partial charge in [-0.05, 0) is 24.3 Å². The van der Waals surface area contributed by atoms with E-state index in [1.807, 2.05) is 0 Å². The van der Waals surface area contributed by atoms with E-state index in [9.17, 15) is 19.5 Å². The molecule has 0 bridgehead atoms. The van der Waals surface area contributed by atoms with Crippen LogP contribution < -0.4 is 5.43 Å². The SMILES string of the molecule is O=C(O)c1ccc2c(=O)c3ccccc3sc2c1C(=O)O. The van der Waals surface area contributed by atoms with Gasteiger partial charge < -0.3 is 10.2 Å². The highest BCUT2D eigenvalue weighted by molar-refractivity contribution is 7.24. The molecule has 0 radical (unpaired) electrons. The zero-order valence-electron chi connectivity index (χ0n) is 10.5. The maximum absolute atomic E-state index is 12.4. The van der Waals surface area contributed by atoms with E-state index < -0.39 is 11.9 Å². The fourth-order valence-corrected chi connectivity index (χ4v) is 3.46. The van der Waals surface area contributed by atoms with Crippen LogP contribution in [-0.2, 0) is 0 Å². The molecular weight excluding hydrogens is 292 g/mol. The lowest BCUT2D eigenvalue weighted by molar-refractivity contribution is 0.0653. The number of carboxylic acid groups (broad SMARTS) is 2. The van der Waals surface area contributed by atoms with Crippen LogP contribution in [0.2, 0.25) is 0 Å². The Labute approximate surface area is 121 Å². The van der Waals surface area contributed by atoms with E-state index in [0.717, 1.165) is 17.4 Å². The number of carboxylic acids is 2. The molecule has 0 aliphatic carbocycles. The summed E-state index contributed by atoms with van der Waals surface area (Å²) in [6.45, 7) is 0. The minimum absolute atomic E-state index is 0.186. The van der Waals surface area contributed by atoms with Gasteiger partial charge in [0.05, 0.1) is 15.8 Å². The summed E-state index contributed by atoms with van der Waals surface area (Å²) >= 11 is 1.11. The fraction of sp³-hybridized carbons (Fsp3) is 0. The Morgan fingerprint density at radius 1 is 0.905 bits per heavy atom. The third kappa shape index (κ3) is 1.96. The minimum Gasteiger partial charge on any atom is -0.478 e. The van der Waals surface area contributed by atoms with E-state index >= 15 is 0 Å². The van der Waals surface area contributed by atoms with E-state index in [1.165, 1.54) is 6.07 Å². The summed E-state index contributed by atoms with van der Waals surface area (Å²) in [7, 11) is 0. The zero-order valence-corrected chi connectivity index (χ0v) is 11.3. The molecule has 2 N–H and O–H groups in total. The van der Waals surface area contributed by atoms with Gasteiger partial charge in [0.2, 0.25) is 0 Å². The molecule has 6 heteroatoms. The average molecular weight is 300 g/mol. The van der Waals surface area contributed by atoms with Crippen molar-refractivity contribution in [2.24, 2.45) is 0 Å². The van der Waals surface area contributed by atoms with Crippen LogP contribution in [0.5, 0.6) is 0 Å². The molecule has 1 heterocycles. The lowest BCUT2D eigenvalue weighted by atomic mass is 10.0. The van der Waals surface area contributed by atoms with Crippen LogP contribution in [0.15, 0.2) is 41.2 Å². The molecule has 0 unspecified atom stereocenters. The molecular formula is C15H8O5S. The molecule has 0 aliphatic rings. The Balaban J connectivity index is 2.59. The normalized spacial score (nSPS) is 10.9. The van der Waals surface area contributed by atoms with Crippen molar-refractivity contribution >= 4 is 43.4 Å². The van der Waals surface area contributed by atoms with E-state index in [1.54, 1.807) is 24.3 Å². The first-order valence-electron chi connectivity index (χ1n) is 5.96. The maximum atomic E-state index is 12.4. The van der Waals surface area contributed by atoms with Crippen molar-refractivity contribution in [1.29, 1.82) is 0 Å². The molecule has 5 nitrogen and oxygen atoms in total. The highest BCUT2D eigenvalue weighted by Crippen LogP contribution is 2.29. The summed E-state index contributed by atoms with van der Waals surface area (Å²) in [5.74, 6) is -2.69. The molecule has 104 valence electrons. The molecule has 0 amide bonds. The van der Waals surface area contributed by atoms with Crippen molar-refractivity contribution in [3.8, 4) is 0 Å². The molecule has 3 aromatic rings. The molecule has 2 aromatic carbocycles. The predicted molar refractivity (Wildman–Crippen MR) is 79.5 cm³/mol. The third-order valence-corrected chi connectivity index (χ3v) is 4.39. The molecule has 3 rings (SSSR count). The number of carbonyl (C=O) groups is 2. The Hall–Kier alpha value is -2.73. The van der Waals surface area contributed by atoms with Gasteiger partial charge in [-0.25, -0.2) is 9.59 Å². The highest BCUT2D eigenvalue weighted by Gasteiger charge is 2.21. The molecule has 0 saturated carbocycles. The van der Waals surface area contributed by atoms with E-state index in [4.69, 9.17) is 5.11 Å². The molecule has 0 atom stereocenters. The number of hydrogen-bond acceptors (Lipinski definition) is 4. The van der Waals surface area contributed by atoms with Crippen molar-refractivity contribution in [2.75, 3.05) is 0 Å². The maximum Gasteiger partial charge on any atom is 0.338 e. The van der Waals surface area contributed by atoms with Crippen LogP contribution >= 0.6 is 11.3 Å². The highest BCUT2D eigenvalue weighted by atomic mass is 32.1. The van der Waals surface area contributed by atoms with Crippen LogP contribution in [0.4, 0.5) is 0 Å². The minimum atomic E-state index is -1.36. The van der Waals surface area contributed by atoms with Crippen LogP contribution in [0, 0.1) is 0 Å². The van der Waals surface area contributed by atoms with Gasteiger partial charge in [0.15, 0.2) is 5.43 Å². The van der Waals surface area contributed by atoms with Crippen molar-refractivity contribution in [1.82, 2.24) is 0 Å². The first-order chi connectivity index (χ1) is 10.0. The van der Waals surface area contributed by atoms with Crippen LogP contribution in [-0.4, -0.2) is 22.2 Å². The lowest BCUT2D eigenvalue weighted by Gasteiger charge is -2.07. The summed E-state index contributed by atoms with van der Waals surface area (Å²) in [6, 6.07) is 9.38. The first-order valence-corrected chi connectivity index (χ1v) is 6.77. The summed E-state index contributed by atoms with van der Waals surface area (Å²) < 4.78 is 0.811. The van der Waals surface area contributed by atoms with E-state index in [-0.39, 0.29) is 26.6 Å². The van der Waals surface area contributed by atoms with E-state index in [2.05, 4.69) is 0 Å². The van der Waals surface area contributed by atoms with Crippen molar-refractivity contribution < 1.29 is 19.8 Å². The lowest BCUT2D eigenvalue weighted by Crippen LogP contribution is -2.11. The van der Waals surface area contributed by atoms with Gasteiger partial charge in [0.1, 0.15) is 0 Å². The van der Waals surface area contributed by atoms with Gasteiger partial charge in [-0.3, -0.25) is 4.79 Å². The number of hydrogen-bond donors (Lipinski definition) is 2. The Bertz CT molecular complexity index is 971. The average Bonchev–Trinajstić information content (AvgIpc) is 2.46. The molecule has 0 fully saturated rings. The molecule has 0 saturated heterocycles. The summed E-state index contributed by atoms with van der Waals surface area (Å²) in [4.78, 5) is 35.0. The van der Waals surface area contributed by atoms with Gasteiger partial charge in [-0.1, -0.05) is 12.1 Å². The third-order valence-electron chi connectivity index (χ3n) is 3.19. The van der Waals surface area contributed by atoms with Gasteiger partial charge in [0, 0.05) is 15.5 Å². The topological polar surface area (TPSA) is 91.7 Å². The second-order valence-electron chi connectivity index (χ2n) is 4.40. The fourth-order valence-electron chi connectivity index (χ4n) is 2.26. The quantitative estimate of drug-likeness (QED) is 0.710. The Kier molecular flexibility index (Phi) is 2.95. The molecule has 0 spiro atoms. The molecule has 0 aliphatic heterocycles. The number of fused-ring (bicyclic) bond motifs is 2.